The van der Waals surface area contributed by atoms with Gasteiger partial charge in [0.2, 0.25) is 7.37 Å². The van der Waals surface area contributed by atoms with E-state index in [4.69, 9.17) is 0 Å². The van der Waals surface area contributed by atoms with Crippen molar-refractivity contribution in [3.05, 3.63) is 30.1 Å². The van der Waals surface area contributed by atoms with Crippen LogP contribution in [0.25, 0.3) is 0 Å². The number of hydrogen-bond donors (Lipinski definition) is 1. The molecule has 0 amide bonds. The van der Waals surface area contributed by atoms with Crippen LogP contribution in [0.3, 0.4) is 0 Å². The van der Waals surface area contributed by atoms with Crippen LogP contribution in [0, 0.1) is 5.82 Å². The van der Waals surface area contributed by atoms with Crippen LogP contribution in [0.5, 0.6) is 0 Å². The van der Waals surface area contributed by atoms with Gasteiger partial charge in [0.1, 0.15) is 5.82 Å². The minimum absolute atomic E-state index is 0.559. The summed E-state index contributed by atoms with van der Waals surface area (Å²) in [5, 5.41) is -0.559. The van der Waals surface area contributed by atoms with Crippen molar-refractivity contribution in [1.29, 1.82) is 0 Å². The summed E-state index contributed by atoms with van der Waals surface area (Å²) in [6.45, 7) is 0.987. The normalized spacial score (nSPS) is 17.5. The SMILES string of the molecule is CC(CC(F)(F)F)P(=O)(O)c1ccccc1F. The zero-order valence-electron chi connectivity index (χ0n) is 8.91. The monoisotopic (exact) mass is 270 g/mol. The lowest BCUT2D eigenvalue weighted by Gasteiger charge is -2.21. The molecule has 2 atom stereocenters. The zero-order valence-corrected chi connectivity index (χ0v) is 9.80. The fraction of sp³-hybridized carbons (Fsp3) is 0.400. The van der Waals surface area contributed by atoms with E-state index in [2.05, 4.69) is 0 Å². The van der Waals surface area contributed by atoms with Crippen molar-refractivity contribution in [1.82, 2.24) is 0 Å². The molecule has 0 bridgehead atoms. The van der Waals surface area contributed by atoms with Crippen LogP contribution in [0.15, 0.2) is 24.3 Å². The lowest BCUT2D eigenvalue weighted by Crippen LogP contribution is -2.23. The first-order valence-corrected chi connectivity index (χ1v) is 6.52. The van der Waals surface area contributed by atoms with Gasteiger partial charge in [-0.15, -0.1) is 0 Å². The second-order valence-electron chi connectivity index (χ2n) is 3.74. The first-order valence-electron chi connectivity index (χ1n) is 4.79. The third kappa shape index (κ3) is 3.54. The molecule has 17 heavy (non-hydrogen) atoms. The van der Waals surface area contributed by atoms with Crippen molar-refractivity contribution < 1.29 is 27.0 Å². The molecule has 2 nitrogen and oxygen atoms in total. The van der Waals surface area contributed by atoms with Crippen LogP contribution in [0.4, 0.5) is 17.6 Å². The van der Waals surface area contributed by atoms with Crippen LogP contribution in [0.2, 0.25) is 0 Å². The van der Waals surface area contributed by atoms with Gasteiger partial charge >= 0.3 is 6.18 Å². The van der Waals surface area contributed by atoms with Gasteiger partial charge in [0.05, 0.1) is 11.7 Å². The molecule has 0 spiro atoms. The Bertz CT molecular complexity index is 444. The molecule has 0 fully saturated rings. The Balaban J connectivity index is 3.04. The van der Waals surface area contributed by atoms with Gasteiger partial charge in [-0.05, 0) is 12.1 Å². The van der Waals surface area contributed by atoms with E-state index in [1.165, 1.54) is 12.1 Å². The molecule has 0 radical (unpaired) electrons. The van der Waals surface area contributed by atoms with E-state index in [1.54, 1.807) is 0 Å². The van der Waals surface area contributed by atoms with E-state index in [9.17, 15) is 27.0 Å². The third-order valence-electron chi connectivity index (χ3n) is 2.32. The number of alkyl halides is 3. The summed E-state index contributed by atoms with van der Waals surface area (Å²) in [7, 11) is -4.37. The summed E-state index contributed by atoms with van der Waals surface area (Å²) in [5.74, 6) is -0.965. The second kappa shape index (κ2) is 4.78. The molecule has 0 aliphatic heterocycles. The largest absolute Gasteiger partial charge is 0.389 e. The number of benzene rings is 1. The summed E-state index contributed by atoms with van der Waals surface area (Å²) < 4.78 is 61.5. The minimum atomic E-state index is -4.55. The van der Waals surface area contributed by atoms with Crippen molar-refractivity contribution >= 4 is 12.7 Å². The summed E-state index contributed by atoms with van der Waals surface area (Å²) in [6.07, 6.45) is -5.97. The Morgan fingerprint density at radius 1 is 1.35 bits per heavy atom. The van der Waals surface area contributed by atoms with E-state index in [0.29, 0.717) is 0 Å². The molecule has 1 aromatic rings. The Labute approximate surface area is 95.7 Å². The first kappa shape index (κ1) is 14.2. The van der Waals surface area contributed by atoms with Crippen molar-refractivity contribution in [3.63, 3.8) is 0 Å². The van der Waals surface area contributed by atoms with Crippen LogP contribution in [-0.4, -0.2) is 16.7 Å². The average Bonchev–Trinajstić information content (AvgIpc) is 2.15. The highest BCUT2D eigenvalue weighted by atomic mass is 31.2. The first-order chi connectivity index (χ1) is 7.64. The molecule has 1 aromatic carbocycles. The maximum Gasteiger partial charge on any atom is 0.389 e. The van der Waals surface area contributed by atoms with Gasteiger partial charge in [-0.1, -0.05) is 19.1 Å². The standard InChI is InChI=1S/C10H11F4O2P/c1-7(6-10(12,13)14)17(15,16)9-5-3-2-4-8(9)11/h2-5,7H,6H2,1H3,(H,15,16). The van der Waals surface area contributed by atoms with E-state index in [1.807, 2.05) is 0 Å². The van der Waals surface area contributed by atoms with Crippen molar-refractivity contribution in [2.24, 2.45) is 0 Å². The zero-order chi connectivity index (χ0) is 13.3. The van der Waals surface area contributed by atoms with E-state index >= 15 is 0 Å². The second-order valence-corrected chi connectivity index (χ2v) is 6.35. The molecule has 1 rings (SSSR count). The third-order valence-corrected chi connectivity index (χ3v) is 4.75. The molecule has 0 aliphatic rings. The predicted molar refractivity (Wildman–Crippen MR) is 56.0 cm³/mol. The van der Waals surface area contributed by atoms with Crippen LogP contribution < -0.4 is 5.30 Å². The molecule has 2 unspecified atom stereocenters. The Morgan fingerprint density at radius 2 is 1.88 bits per heavy atom. The van der Waals surface area contributed by atoms with E-state index in [-0.39, 0.29) is 0 Å². The fourth-order valence-corrected chi connectivity index (χ4v) is 3.02. The van der Waals surface area contributed by atoms with Crippen LogP contribution >= 0.6 is 7.37 Å². The minimum Gasteiger partial charge on any atom is -0.341 e. The molecule has 1 N–H and O–H groups in total. The molecular formula is C10H11F4O2P. The fourth-order valence-electron chi connectivity index (χ4n) is 1.41. The molecular weight excluding hydrogens is 259 g/mol. The lowest BCUT2D eigenvalue weighted by molar-refractivity contribution is -0.134. The van der Waals surface area contributed by atoms with Crippen molar-refractivity contribution in [2.45, 2.75) is 25.2 Å². The van der Waals surface area contributed by atoms with Gasteiger partial charge in [-0.2, -0.15) is 13.2 Å². The van der Waals surface area contributed by atoms with E-state index in [0.717, 1.165) is 19.1 Å². The van der Waals surface area contributed by atoms with E-state index < -0.39 is 36.7 Å². The molecule has 7 heteroatoms. The molecule has 0 saturated carbocycles. The number of halogens is 4. The predicted octanol–water partition coefficient (Wildman–Crippen LogP) is 3.06. The number of rotatable bonds is 3. The Kier molecular flexibility index (Phi) is 3.99. The smallest absolute Gasteiger partial charge is 0.341 e. The summed E-state index contributed by atoms with van der Waals surface area (Å²) in [4.78, 5) is 9.61. The molecule has 0 aliphatic carbocycles. The average molecular weight is 270 g/mol. The summed E-state index contributed by atoms with van der Waals surface area (Å²) in [5.41, 5.74) is -1.57. The van der Waals surface area contributed by atoms with Gasteiger partial charge in [0, 0.05) is 5.66 Å². The van der Waals surface area contributed by atoms with Gasteiger partial charge in [0.25, 0.3) is 0 Å². The van der Waals surface area contributed by atoms with Gasteiger partial charge in [0.15, 0.2) is 0 Å². The molecule has 0 saturated heterocycles. The summed E-state index contributed by atoms with van der Waals surface area (Å²) >= 11 is 0. The van der Waals surface area contributed by atoms with Gasteiger partial charge in [-0.25, -0.2) is 4.39 Å². The van der Waals surface area contributed by atoms with Crippen LogP contribution in [0.1, 0.15) is 13.3 Å². The highest BCUT2D eigenvalue weighted by Gasteiger charge is 2.40. The van der Waals surface area contributed by atoms with Gasteiger partial charge < -0.3 is 4.89 Å². The lowest BCUT2D eigenvalue weighted by atomic mass is 10.3. The van der Waals surface area contributed by atoms with Crippen molar-refractivity contribution in [2.75, 3.05) is 0 Å². The maximum absolute atomic E-state index is 13.3. The highest BCUT2D eigenvalue weighted by molar-refractivity contribution is 7.66. The molecule has 0 heterocycles. The Hall–Kier alpha value is -0.870. The van der Waals surface area contributed by atoms with Crippen LogP contribution in [-0.2, 0) is 4.57 Å². The highest BCUT2D eigenvalue weighted by Crippen LogP contribution is 2.49. The quantitative estimate of drug-likeness (QED) is 0.677. The molecule has 0 aromatic heterocycles. The number of hydrogen-bond acceptors (Lipinski definition) is 1. The molecule has 96 valence electrons. The van der Waals surface area contributed by atoms with Crippen molar-refractivity contribution in [3.8, 4) is 0 Å². The maximum atomic E-state index is 13.3. The van der Waals surface area contributed by atoms with Gasteiger partial charge in [-0.3, -0.25) is 4.57 Å². The summed E-state index contributed by atoms with van der Waals surface area (Å²) in [6, 6.07) is 4.58. The Morgan fingerprint density at radius 3 is 2.35 bits per heavy atom. The topological polar surface area (TPSA) is 37.3 Å².